The van der Waals surface area contributed by atoms with E-state index in [0.717, 1.165) is 0 Å². The molecule has 0 radical (unpaired) electrons. The number of carbonyl (C=O) groups is 2. The van der Waals surface area contributed by atoms with E-state index >= 15 is 0 Å². The molecule has 1 N–H and O–H groups in total. The summed E-state index contributed by atoms with van der Waals surface area (Å²) in [5, 5.41) is 0. The normalized spacial score (nSPS) is 10.5. The van der Waals surface area contributed by atoms with Crippen molar-refractivity contribution in [1.82, 2.24) is 0 Å². The quantitative estimate of drug-likeness (QED) is 0.178. The van der Waals surface area contributed by atoms with Crippen LogP contribution in [-0.4, -0.2) is 66.3 Å². The summed E-state index contributed by atoms with van der Waals surface area (Å²) in [6.07, 6.45) is 0.478. The van der Waals surface area contributed by atoms with Crippen molar-refractivity contribution in [2.75, 3.05) is 26.4 Å². The number of hydrogen-bond donors (Lipinski definition) is 1. The van der Waals surface area contributed by atoms with Crippen molar-refractivity contribution in [3.05, 3.63) is 24.3 Å². The smallest absolute Gasteiger partial charge is 0.462 e. The molecule has 0 aliphatic heterocycles. The molecular formula is C14H25MgO8P. The zero-order valence-electron chi connectivity index (χ0n) is 13.4. The van der Waals surface area contributed by atoms with Gasteiger partial charge in [0.05, 0.1) is 26.4 Å². The standard InChI is InChI=1S/C14H23O8P.Mg.2H/c1-11(2)13(15)19-7-5-9-21-23(17,18)22-10-6-8-20-14(16)12(3)4;;;/h1,3,5-10H2,2,4H3,(H,17,18);;;. The summed E-state index contributed by atoms with van der Waals surface area (Å²) in [6, 6.07) is 0. The summed E-state index contributed by atoms with van der Waals surface area (Å²) in [7, 11) is -4.17. The fourth-order valence-corrected chi connectivity index (χ4v) is 1.89. The third-order valence-electron chi connectivity index (χ3n) is 2.25. The minimum Gasteiger partial charge on any atom is -0.462 e. The van der Waals surface area contributed by atoms with E-state index in [-0.39, 0.29) is 73.5 Å². The van der Waals surface area contributed by atoms with E-state index in [0.29, 0.717) is 0 Å². The molecule has 0 aliphatic carbocycles. The molecule has 0 bridgehead atoms. The second kappa shape index (κ2) is 13.6. The first-order valence-electron chi connectivity index (χ1n) is 6.93. The highest BCUT2D eigenvalue weighted by Gasteiger charge is 2.20. The summed E-state index contributed by atoms with van der Waals surface area (Å²) in [5.74, 6) is -1.06. The second-order valence-corrected chi connectivity index (χ2v) is 6.13. The largest absolute Gasteiger partial charge is 0.472 e. The van der Waals surface area contributed by atoms with Crippen molar-refractivity contribution in [1.29, 1.82) is 0 Å². The van der Waals surface area contributed by atoms with Crippen molar-refractivity contribution in [3.63, 3.8) is 0 Å². The molecule has 0 aliphatic rings. The molecule has 0 heterocycles. The number of rotatable bonds is 12. The lowest BCUT2D eigenvalue weighted by Gasteiger charge is -2.12. The maximum absolute atomic E-state index is 11.5. The van der Waals surface area contributed by atoms with Crippen molar-refractivity contribution in [2.24, 2.45) is 0 Å². The Balaban J connectivity index is 0. The molecule has 24 heavy (non-hydrogen) atoms. The van der Waals surface area contributed by atoms with Crippen molar-refractivity contribution < 1.29 is 37.6 Å². The minimum absolute atomic E-state index is 0. The van der Waals surface area contributed by atoms with Crippen LogP contribution in [-0.2, 0) is 32.7 Å². The van der Waals surface area contributed by atoms with Crippen molar-refractivity contribution >= 4 is 42.8 Å². The van der Waals surface area contributed by atoms with Gasteiger partial charge in [0, 0.05) is 24.0 Å². The van der Waals surface area contributed by atoms with Crippen LogP contribution in [0.4, 0.5) is 0 Å². The molecular weight excluding hydrogens is 351 g/mol. The van der Waals surface area contributed by atoms with Gasteiger partial charge < -0.3 is 14.4 Å². The minimum atomic E-state index is -4.17. The van der Waals surface area contributed by atoms with Crippen LogP contribution in [0.2, 0.25) is 0 Å². The molecule has 0 saturated heterocycles. The molecule has 8 nitrogen and oxygen atoms in total. The fraction of sp³-hybridized carbons (Fsp3) is 0.571. The van der Waals surface area contributed by atoms with Crippen LogP contribution in [0.25, 0.3) is 0 Å². The maximum Gasteiger partial charge on any atom is 0.472 e. The highest BCUT2D eigenvalue weighted by Crippen LogP contribution is 2.43. The molecule has 0 aromatic carbocycles. The Morgan fingerprint density at radius 2 is 1.21 bits per heavy atom. The van der Waals surface area contributed by atoms with Gasteiger partial charge in [-0.05, 0) is 13.8 Å². The lowest BCUT2D eigenvalue weighted by molar-refractivity contribution is -0.140. The van der Waals surface area contributed by atoms with Gasteiger partial charge in [-0.3, -0.25) is 9.05 Å². The number of esters is 2. The lowest BCUT2D eigenvalue weighted by atomic mass is 10.4. The van der Waals surface area contributed by atoms with Crippen LogP contribution >= 0.6 is 7.82 Å². The van der Waals surface area contributed by atoms with Gasteiger partial charge in [-0.15, -0.1) is 0 Å². The van der Waals surface area contributed by atoms with Crippen LogP contribution < -0.4 is 0 Å². The molecule has 0 aromatic rings. The van der Waals surface area contributed by atoms with Crippen LogP contribution in [0.1, 0.15) is 26.7 Å². The number of carbonyl (C=O) groups excluding carboxylic acids is 2. The first-order valence-corrected chi connectivity index (χ1v) is 8.42. The van der Waals surface area contributed by atoms with E-state index in [2.05, 4.69) is 13.2 Å². The zero-order valence-corrected chi connectivity index (χ0v) is 14.3. The SMILES string of the molecule is C=C(C)C(=O)OCCCOP(=O)(O)OCCCOC(=O)C(=C)C.[MgH2]. The zero-order chi connectivity index (χ0) is 17.9. The summed E-state index contributed by atoms with van der Waals surface area (Å²) >= 11 is 0. The second-order valence-electron chi connectivity index (χ2n) is 4.67. The first kappa shape index (κ1) is 25.5. The predicted octanol–water partition coefficient (Wildman–Crippen LogP) is 1.22. The summed E-state index contributed by atoms with van der Waals surface area (Å²) in [4.78, 5) is 31.5. The van der Waals surface area contributed by atoms with E-state index in [1.54, 1.807) is 0 Å². The highest BCUT2D eigenvalue weighted by atomic mass is 31.2. The van der Waals surface area contributed by atoms with E-state index in [4.69, 9.17) is 18.5 Å². The summed E-state index contributed by atoms with van der Waals surface area (Å²) in [5.41, 5.74) is 0.545. The van der Waals surface area contributed by atoms with Gasteiger partial charge in [0.2, 0.25) is 0 Å². The molecule has 10 heteroatoms. The topological polar surface area (TPSA) is 108 Å². The Bertz CT molecular complexity index is 451. The molecule has 0 unspecified atom stereocenters. The van der Waals surface area contributed by atoms with Crippen LogP contribution in [0, 0.1) is 0 Å². The van der Waals surface area contributed by atoms with Crippen molar-refractivity contribution in [3.8, 4) is 0 Å². The van der Waals surface area contributed by atoms with E-state index in [1.807, 2.05) is 0 Å². The molecule has 136 valence electrons. The Morgan fingerprint density at radius 1 is 0.875 bits per heavy atom. The van der Waals surface area contributed by atoms with Crippen LogP contribution in [0.5, 0.6) is 0 Å². The van der Waals surface area contributed by atoms with Gasteiger partial charge >= 0.3 is 42.8 Å². The lowest BCUT2D eigenvalue weighted by Crippen LogP contribution is -2.09. The third-order valence-corrected chi connectivity index (χ3v) is 3.27. The first-order chi connectivity index (χ1) is 10.7. The summed E-state index contributed by atoms with van der Waals surface area (Å²) in [6.45, 7) is 9.73. The molecule has 0 atom stereocenters. The summed E-state index contributed by atoms with van der Waals surface area (Å²) < 4.78 is 30.4. The Morgan fingerprint density at radius 3 is 1.50 bits per heavy atom. The van der Waals surface area contributed by atoms with Gasteiger partial charge in [-0.1, -0.05) is 13.2 Å². The monoisotopic (exact) mass is 376 g/mol. The van der Waals surface area contributed by atoms with Gasteiger partial charge in [0.25, 0.3) is 0 Å². The Kier molecular flexibility index (Phi) is 14.4. The molecule has 0 aromatic heterocycles. The number of phosphoric acid groups is 1. The van der Waals surface area contributed by atoms with E-state index in [1.165, 1.54) is 13.8 Å². The van der Waals surface area contributed by atoms with Crippen molar-refractivity contribution in [2.45, 2.75) is 26.7 Å². The maximum atomic E-state index is 11.5. The Labute approximate surface area is 157 Å². The molecule has 0 saturated carbocycles. The van der Waals surface area contributed by atoms with Gasteiger partial charge in [-0.25, -0.2) is 14.2 Å². The molecule has 0 rings (SSSR count). The molecule has 0 fully saturated rings. The average Bonchev–Trinajstić information content (AvgIpc) is 2.45. The van der Waals surface area contributed by atoms with Crippen LogP contribution in [0.3, 0.4) is 0 Å². The Hall–Kier alpha value is -0.704. The highest BCUT2D eigenvalue weighted by molar-refractivity contribution is 7.47. The molecule has 0 amide bonds. The van der Waals surface area contributed by atoms with Gasteiger partial charge in [-0.2, -0.15) is 0 Å². The number of phosphoric ester groups is 1. The number of hydrogen-bond acceptors (Lipinski definition) is 7. The average molecular weight is 377 g/mol. The van der Waals surface area contributed by atoms with E-state index in [9.17, 15) is 19.0 Å². The van der Waals surface area contributed by atoms with Gasteiger partial charge in [0.15, 0.2) is 0 Å². The fourth-order valence-electron chi connectivity index (χ4n) is 1.09. The van der Waals surface area contributed by atoms with Crippen LogP contribution in [0.15, 0.2) is 24.3 Å². The molecule has 0 spiro atoms. The van der Waals surface area contributed by atoms with E-state index < -0.39 is 19.8 Å². The predicted molar refractivity (Wildman–Crippen MR) is 91.1 cm³/mol. The third kappa shape index (κ3) is 13.7. The van der Waals surface area contributed by atoms with Gasteiger partial charge in [0.1, 0.15) is 0 Å². The number of ether oxygens (including phenoxy) is 2.